The molecule has 20 heavy (non-hydrogen) atoms. The minimum Gasteiger partial charge on any atom is -0.450 e. The Bertz CT molecular complexity index is 659. The molecule has 0 saturated heterocycles. The molecule has 0 spiro atoms. The van der Waals surface area contributed by atoms with Crippen LogP contribution in [0, 0.1) is 0 Å². The molecule has 0 amide bonds. The number of allylic oxidation sites excluding steroid dienone is 2. The summed E-state index contributed by atoms with van der Waals surface area (Å²) in [6.07, 6.45) is 5.05. The third kappa shape index (κ3) is 2.88. The van der Waals surface area contributed by atoms with E-state index in [1.807, 2.05) is 24.3 Å². The van der Waals surface area contributed by atoms with Crippen molar-refractivity contribution in [3.8, 4) is 0 Å². The summed E-state index contributed by atoms with van der Waals surface area (Å²) in [5.74, 6) is 1.43. The first kappa shape index (κ1) is 13.6. The molecule has 0 N–H and O–H groups in total. The lowest BCUT2D eigenvalue weighted by Crippen LogP contribution is -1.95. The molecule has 0 unspecified atom stereocenters. The largest absolute Gasteiger partial charge is 0.450 e. The lowest BCUT2D eigenvalue weighted by Gasteiger charge is -1.93. The van der Waals surface area contributed by atoms with Gasteiger partial charge in [-0.05, 0) is 81.1 Å². The van der Waals surface area contributed by atoms with Gasteiger partial charge >= 0.3 is 0 Å². The Labute approximate surface area is 132 Å². The molecule has 0 aromatic carbocycles. The number of Topliss-reactive ketones (excluding diaryl/α,β-unsaturated/α-hetero) is 1. The van der Waals surface area contributed by atoms with Crippen LogP contribution in [0.1, 0.15) is 24.4 Å². The van der Waals surface area contributed by atoms with Crippen molar-refractivity contribution >= 4 is 49.8 Å². The summed E-state index contributed by atoms with van der Waals surface area (Å²) in [6, 6.07) is 7.28. The van der Waals surface area contributed by atoms with Crippen LogP contribution in [-0.2, 0) is 4.79 Å². The van der Waals surface area contributed by atoms with E-state index >= 15 is 0 Å². The summed E-state index contributed by atoms with van der Waals surface area (Å²) in [4.78, 5) is 12.3. The first-order chi connectivity index (χ1) is 9.61. The second-order valence-corrected chi connectivity index (χ2v) is 6.02. The predicted molar refractivity (Wildman–Crippen MR) is 83.0 cm³/mol. The van der Waals surface area contributed by atoms with Gasteiger partial charge in [-0.3, -0.25) is 4.79 Å². The van der Waals surface area contributed by atoms with Gasteiger partial charge in [-0.25, -0.2) is 0 Å². The Morgan fingerprint density at radius 1 is 0.850 bits per heavy atom. The molecule has 3 rings (SSSR count). The monoisotopic (exact) mass is 396 g/mol. The second kappa shape index (κ2) is 5.58. The van der Waals surface area contributed by atoms with Gasteiger partial charge in [0.05, 0.1) is 0 Å². The van der Waals surface area contributed by atoms with E-state index in [0.29, 0.717) is 20.9 Å². The van der Waals surface area contributed by atoms with Crippen LogP contribution in [-0.4, -0.2) is 5.78 Å². The molecule has 5 heteroatoms. The average Bonchev–Trinajstić information content (AvgIpc) is 3.08. The zero-order valence-corrected chi connectivity index (χ0v) is 13.5. The van der Waals surface area contributed by atoms with Crippen LogP contribution in [0.3, 0.4) is 0 Å². The SMILES string of the molecule is O=C1/C(=C/c2ccc(Br)o2)CC/C1=C\c1ccc(Br)o1. The Hall–Kier alpha value is -1.33. The summed E-state index contributed by atoms with van der Waals surface area (Å²) in [6.45, 7) is 0. The highest BCUT2D eigenvalue weighted by molar-refractivity contribution is 9.10. The van der Waals surface area contributed by atoms with Crippen molar-refractivity contribution in [2.24, 2.45) is 0 Å². The molecule has 3 nitrogen and oxygen atoms in total. The predicted octanol–water partition coefficient (Wildman–Crippen LogP) is 5.23. The Morgan fingerprint density at radius 2 is 1.30 bits per heavy atom. The van der Waals surface area contributed by atoms with Crippen molar-refractivity contribution in [2.75, 3.05) is 0 Å². The smallest absolute Gasteiger partial charge is 0.185 e. The lowest BCUT2D eigenvalue weighted by molar-refractivity contribution is -0.111. The van der Waals surface area contributed by atoms with E-state index in [1.54, 1.807) is 12.2 Å². The Balaban J connectivity index is 1.84. The molecule has 0 aliphatic heterocycles. The topological polar surface area (TPSA) is 43.4 Å². The normalized spacial score (nSPS) is 19.4. The van der Waals surface area contributed by atoms with E-state index in [1.165, 1.54) is 0 Å². The van der Waals surface area contributed by atoms with Crippen LogP contribution in [0.4, 0.5) is 0 Å². The van der Waals surface area contributed by atoms with Crippen molar-refractivity contribution in [3.63, 3.8) is 0 Å². The molecule has 102 valence electrons. The van der Waals surface area contributed by atoms with Gasteiger partial charge in [0.15, 0.2) is 15.1 Å². The fourth-order valence-electron chi connectivity index (χ4n) is 2.13. The molecular weight excluding hydrogens is 388 g/mol. The van der Waals surface area contributed by atoms with E-state index in [-0.39, 0.29) is 5.78 Å². The molecule has 1 fully saturated rings. The number of furan rings is 2. The minimum atomic E-state index is 0.0602. The number of halogens is 2. The molecule has 2 heterocycles. The molecule has 1 aliphatic carbocycles. The van der Waals surface area contributed by atoms with E-state index < -0.39 is 0 Å². The molecule has 1 aliphatic rings. The van der Waals surface area contributed by atoms with Crippen LogP contribution >= 0.6 is 31.9 Å². The lowest BCUT2D eigenvalue weighted by atomic mass is 10.1. The van der Waals surface area contributed by atoms with Gasteiger partial charge in [0.2, 0.25) is 0 Å². The fraction of sp³-hybridized carbons (Fsp3) is 0.133. The molecule has 0 bridgehead atoms. The van der Waals surface area contributed by atoms with Gasteiger partial charge in [0.25, 0.3) is 0 Å². The van der Waals surface area contributed by atoms with Crippen LogP contribution in [0.5, 0.6) is 0 Å². The summed E-state index contributed by atoms with van der Waals surface area (Å²) in [7, 11) is 0. The van der Waals surface area contributed by atoms with E-state index in [2.05, 4.69) is 31.9 Å². The van der Waals surface area contributed by atoms with Crippen LogP contribution < -0.4 is 0 Å². The van der Waals surface area contributed by atoms with Gasteiger partial charge in [-0.2, -0.15) is 0 Å². The molecule has 0 atom stereocenters. The highest BCUT2D eigenvalue weighted by atomic mass is 79.9. The van der Waals surface area contributed by atoms with Gasteiger partial charge in [-0.15, -0.1) is 0 Å². The quantitative estimate of drug-likeness (QED) is 0.651. The van der Waals surface area contributed by atoms with Crippen molar-refractivity contribution in [1.82, 2.24) is 0 Å². The van der Waals surface area contributed by atoms with Crippen molar-refractivity contribution in [2.45, 2.75) is 12.8 Å². The zero-order valence-electron chi connectivity index (χ0n) is 10.4. The third-order valence-electron chi connectivity index (χ3n) is 3.07. The van der Waals surface area contributed by atoms with E-state index in [9.17, 15) is 4.79 Å². The van der Waals surface area contributed by atoms with Gasteiger partial charge < -0.3 is 8.83 Å². The number of rotatable bonds is 2. The van der Waals surface area contributed by atoms with Crippen molar-refractivity contribution < 1.29 is 13.6 Å². The molecule has 2 aromatic heterocycles. The molecule has 0 radical (unpaired) electrons. The van der Waals surface area contributed by atoms with Crippen LogP contribution in [0.15, 0.2) is 53.6 Å². The minimum absolute atomic E-state index is 0.0602. The number of ketones is 1. The van der Waals surface area contributed by atoms with Crippen LogP contribution in [0.2, 0.25) is 0 Å². The first-order valence-corrected chi connectivity index (χ1v) is 7.67. The molecule has 1 saturated carbocycles. The van der Waals surface area contributed by atoms with Gasteiger partial charge in [0, 0.05) is 11.1 Å². The maximum absolute atomic E-state index is 12.3. The maximum atomic E-state index is 12.3. The Kier molecular flexibility index (Phi) is 3.81. The number of hydrogen-bond acceptors (Lipinski definition) is 3. The molecule has 2 aromatic rings. The highest BCUT2D eigenvalue weighted by Gasteiger charge is 2.23. The van der Waals surface area contributed by atoms with Crippen molar-refractivity contribution in [1.29, 1.82) is 0 Å². The standard InChI is InChI=1S/C15H10Br2O3/c16-13-5-3-11(19-13)7-9-1-2-10(15(9)18)8-12-4-6-14(17)20-12/h3-8H,1-2H2/b9-7+,10-8+. The Morgan fingerprint density at radius 3 is 1.65 bits per heavy atom. The van der Waals surface area contributed by atoms with Gasteiger partial charge in [-0.1, -0.05) is 0 Å². The fourth-order valence-corrected chi connectivity index (χ4v) is 2.77. The summed E-state index contributed by atoms with van der Waals surface area (Å²) in [5.41, 5.74) is 1.53. The van der Waals surface area contributed by atoms with E-state index in [4.69, 9.17) is 8.83 Å². The number of carbonyl (C=O) groups excluding carboxylic acids is 1. The summed E-state index contributed by atoms with van der Waals surface area (Å²) in [5, 5.41) is 0. The zero-order chi connectivity index (χ0) is 14.1. The van der Waals surface area contributed by atoms with Crippen molar-refractivity contribution in [3.05, 3.63) is 56.3 Å². The third-order valence-corrected chi connectivity index (χ3v) is 3.92. The molecular formula is C15H10Br2O3. The number of hydrogen-bond donors (Lipinski definition) is 0. The second-order valence-electron chi connectivity index (χ2n) is 4.45. The summed E-state index contributed by atoms with van der Waals surface area (Å²) >= 11 is 6.49. The van der Waals surface area contributed by atoms with Crippen LogP contribution in [0.25, 0.3) is 12.2 Å². The summed E-state index contributed by atoms with van der Waals surface area (Å²) < 4.78 is 12.1. The maximum Gasteiger partial charge on any atom is 0.185 e. The highest BCUT2D eigenvalue weighted by Crippen LogP contribution is 2.30. The number of carbonyl (C=O) groups is 1. The van der Waals surface area contributed by atoms with Gasteiger partial charge in [0.1, 0.15) is 11.5 Å². The van der Waals surface area contributed by atoms with E-state index in [0.717, 1.165) is 24.0 Å². The first-order valence-electron chi connectivity index (χ1n) is 6.08. The average molecular weight is 398 g/mol.